The topological polar surface area (TPSA) is 69.0 Å². The van der Waals surface area contributed by atoms with Crippen molar-refractivity contribution in [2.45, 2.75) is 39.7 Å². The fourth-order valence-electron chi connectivity index (χ4n) is 3.06. The zero-order valence-electron chi connectivity index (χ0n) is 14.5. The van der Waals surface area contributed by atoms with Gasteiger partial charge >= 0.3 is 5.97 Å². The minimum atomic E-state index is -0.466. The van der Waals surface area contributed by atoms with Crippen molar-refractivity contribution in [1.82, 2.24) is 14.8 Å². The summed E-state index contributed by atoms with van der Waals surface area (Å²) in [5.74, 6) is 0.876. The van der Waals surface area contributed by atoms with Crippen molar-refractivity contribution in [3.8, 4) is 0 Å². The van der Waals surface area contributed by atoms with Gasteiger partial charge in [0.25, 0.3) is 0 Å². The van der Waals surface area contributed by atoms with Crippen molar-refractivity contribution in [3.63, 3.8) is 0 Å². The molecule has 0 aliphatic carbocycles. The Hall–Kier alpha value is -2.34. The number of anilines is 1. The van der Waals surface area contributed by atoms with E-state index in [1.165, 1.54) is 0 Å². The Morgan fingerprint density at radius 2 is 2.12 bits per heavy atom. The summed E-state index contributed by atoms with van der Waals surface area (Å²) in [6.45, 7) is 5.98. The van der Waals surface area contributed by atoms with Crippen molar-refractivity contribution in [1.29, 1.82) is 0 Å². The minimum Gasteiger partial charge on any atom is -0.463 e. The van der Waals surface area contributed by atoms with E-state index in [0.717, 1.165) is 17.7 Å². The van der Waals surface area contributed by atoms with Crippen LogP contribution in [0.3, 0.4) is 0 Å². The lowest BCUT2D eigenvalue weighted by molar-refractivity contribution is -0.139. The van der Waals surface area contributed by atoms with Gasteiger partial charge in [0.1, 0.15) is 11.9 Å². The Morgan fingerprint density at radius 1 is 1.36 bits per heavy atom. The molecule has 1 atom stereocenters. The van der Waals surface area contributed by atoms with E-state index >= 15 is 0 Å². The summed E-state index contributed by atoms with van der Waals surface area (Å²) in [6.07, 6.45) is 1.59. The number of nitrogens with one attached hydrogen (secondary N) is 1. The largest absolute Gasteiger partial charge is 0.463 e. The average molecular weight is 361 g/mol. The van der Waals surface area contributed by atoms with Crippen LogP contribution in [0.5, 0.6) is 0 Å². The Balaban J connectivity index is 2.23. The molecule has 3 rings (SSSR count). The number of benzene rings is 1. The number of halogens is 1. The number of nitrogens with zero attached hydrogens (tertiary/aromatic N) is 3. The highest BCUT2D eigenvalue weighted by atomic mass is 35.5. The predicted octanol–water partition coefficient (Wildman–Crippen LogP) is 3.87. The van der Waals surface area contributed by atoms with Crippen LogP contribution in [0.1, 0.15) is 44.1 Å². The van der Waals surface area contributed by atoms with E-state index in [2.05, 4.69) is 22.3 Å². The molecule has 2 heterocycles. The van der Waals surface area contributed by atoms with E-state index in [4.69, 9.17) is 16.3 Å². The van der Waals surface area contributed by atoms with Crippen LogP contribution in [0.2, 0.25) is 5.02 Å². The number of carbonyl (C=O) groups excluding carboxylic acids is 1. The highest BCUT2D eigenvalue weighted by molar-refractivity contribution is 6.31. The van der Waals surface area contributed by atoms with E-state index in [9.17, 15) is 4.79 Å². The van der Waals surface area contributed by atoms with Gasteiger partial charge in [-0.3, -0.25) is 0 Å². The standard InChI is InChI=1S/C18H21ClN4O2/c1-4-8-14-15(17(24)25-5-2)16(12-9-6-7-10-13(12)19)23-18(21-14)20-11(3)22-23/h6-7,9-10,16H,4-5,8H2,1-3H3,(H,20,21,22)/t16-/m0/s1. The lowest BCUT2D eigenvalue weighted by Crippen LogP contribution is -2.30. The monoisotopic (exact) mass is 360 g/mol. The highest BCUT2D eigenvalue weighted by Gasteiger charge is 2.36. The second-order valence-corrected chi connectivity index (χ2v) is 6.25. The van der Waals surface area contributed by atoms with Crippen LogP contribution in [-0.4, -0.2) is 27.3 Å². The third-order valence-corrected chi connectivity index (χ3v) is 4.38. The van der Waals surface area contributed by atoms with Crippen LogP contribution in [0.15, 0.2) is 35.5 Å². The summed E-state index contributed by atoms with van der Waals surface area (Å²) in [5, 5.41) is 8.31. The zero-order chi connectivity index (χ0) is 18.0. The third-order valence-electron chi connectivity index (χ3n) is 4.04. The molecule has 1 N–H and O–H groups in total. The van der Waals surface area contributed by atoms with Gasteiger partial charge in [-0.15, -0.1) is 0 Å². The normalized spacial score (nSPS) is 16.4. The second-order valence-electron chi connectivity index (χ2n) is 5.84. The van der Waals surface area contributed by atoms with Gasteiger partial charge in [0.05, 0.1) is 12.2 Å². The van der Waals surface area contributed by atoms with Crippen LogP contribution in [-0.2, 0) is 9.53 Å². The number of carbonyl (C=O) groups is 1. The molecule has 0 saturated carbocycles. The second kappa shape index (κ2) is 7.27. The van der Waals surface area contributed by atoms with Crippen LogP contribution in [0.25, 0.3) is 0 Å². The Labute approximate surface area is 151 Å². The van der Waals surface area contributed by atoms with Gasteiger partial charge in [-0.1, -0.05) is 43.1 Å². The van der Waals surface area contributed by atoms with E-state index in [1.807, 2.05) is 31.2 Å². The molecule has 25 heavy (non-hydrogen) atoms. The van der Waals surface area contributed by atoms with Gasteiger partial charge in [-0.05, 0) is 26.3 Å². The Kier molecular flexibility index (Phi) is 5.08. The fraction of sp³-hybridized carbons (Fsp3) is 0.389. The van der Waals surface area contributed by atoms with Crippen LogP contribution >= 0.6 is 11.6 Å². The summed E-state index contributed by atoms with van der Waals surface area (Å²) in [4.78, 5) is 17.2. The highest BCUT2D eigenvalue weighted by Crippen LogP contribution is 2.39. The summed E-state index contributed by atoms with van der Waals surface area (Å²) in [6, 6.07) is 7.01. The van der Waals surface area contributed by atoms with Gasteiger partial charge in [0.2, 0.25) is 5.95 Å². The number of rotatable bonds is 5. The van der Waals surface area contributed by atoms with Crippen molar-refractivity contribution >= 4 is 23.5 Å². The smallest absolute Gasteiger partial charge is 0.338 e. The molecule has 2 aromatic rings. The van der Waals surface area contributed by atoms with Gasteiger partial charge < -0.3 is 10.1 Å². The van der Waals surface area contributed by atoms with Crippen molar-refractivity contribution in [2.75, 3.05) is 11.9 Å². The first-order valence-corrected chi connectivity index (χ1v) is 8.79. The van der Waals surface area contributed by atoms with Crippen LogP contribution < -0.4 is 5.32 Å². The van der Waals surface area contributed by atoms with E-state index < -0.39 is 6.04 Å². The first kappa shape index (κ1) is 17.5. The molecule has 7 heteroatoms. The number of allylic oxidation sites excluding steroid dienone is 1. The molecule has 0 unspecified atom stereocenters. The minimum absolute atomic E-state index is 0.306. The molecular formula is C18H21ClN4O2. The number of aryl methyl sites for hydroxylation is 1. The molecule has 1 aliphatic heterocycles. The molecule has 132 valence electrons. The molecule has 0 amide bonds. The number of hydrogen-bond acceptors (Lipinski definition) is 5. The number of aromatic nitrogens is 3. The molecule has 6 nitrogen and oxygen atoms in total. The Bertz CT molecular complexity index is 828. The number of esters is 1. The Morgan fingerprint density at radius 3 is 2.80 bits per heavy atom. The zero-order valence-corrected chi connectivity index (χ0v) is 15.3. The molecule has 0 radical (unpaired) electrons. The van der Waals surface area contributed by atoms with Crippen LogP contribution in [0.4, 0.5) is 5.95 Å². The van der Waals surface area contributed by atoms with Gasteiger partial charge in [0.15, 0.2) is 0 Å². The van der Waals surface area contributed by atoms with Crippen LogP contribution in [0, 0.1) is 6.92 Å². The molecule has 0 fully saturated rings. The predicted molar refractivity (Wildman–Crippen MR) is 96.5 cm³/mol. The third kappa shape index (κ3) is 3.26. The number of fused-ring (bicyclic) bond motifs is 1. The van der Waals surface area contributed by atoms with Gasteiger partial charge in [0, 0.05) is 16.3 Å². The first-order valence-electron chi connectivity index (χ1n) is 8.41. The molecule has 0 saturated heterocycles. The lowest BCUT2D eigenvalue weighted by Gasteiger charge is -2.29. The van der Waals surface area contributed by atoms with E-state index in [-0.39, 0.29) is 5.97 Å². The SMILES string of the molecule is CCCC1=C(C(=O)OCC)[C@H](c2ccccc2Cl)n2nc(C)nc2N1. The number of ether oxygens (including phenoxy) is 1. The van der Waals surface area contributed by atoms with Crippen molar-refractivity contribution < 1.29 is 9.53 Å². The molecule has 1 aromatic carbocycles. The lowest BCUT2D eigenvalue weighted by atomic mass is 9.94. The molecule has 1 aromatic heterocycles. The maximum Gasteiger partial charge on any atom is 0.338 e. The van der Waals surface area contributed by atoms with E-state index in [1.54, 1.807) is 11.6 Å². The molecular weight excluding hydrogens is 340 g/mol. The summed E-state index contributed by atoms with van der Waals surface area (Å²) < 4.78 is 7.04. The average Bonchev–Trinajstić information content (AvgIpc) is 2.94. The van der Waals surface area contributed by atoms with Crippen molar-refractivity contribution in [2.24, 2.45) is 0 Å². The maximum absolute atomic E-state index is 12.8. The van der Waals surface area contributed by atoms with E-state index in [0.29, 0.717) is 35.4 Å². The quantitative estimate of drug-likeness (QED) is 0.819. The first-order chi connectivity index (χ1) is 12.1. The number of hydrogen-bond donors (Lipinski definition) is 1. The molecule has 0 spiro atoms. The van der Waals surface area contributed by atoms with Gasteiger partial charge in [-0.25, -0.2) is 9.48 Å². The molecule has 1 aliphatic rings. The summed E-state index contributed by atoms with van der Waals surface area (Å²) in [7, 11) is 0. The van der Waals surface area contributed by atoms with Crippen molar-refractivity contribution in [3.05, 3.63) is 51.9 Å². The fourth-order valence-corrected chi connectivity index (χ4v) is 3.30. The maximum atomic E-state index is 12.8. The molecule has 0 bridgehead atoms. The van der Waals surface area contributed by atoms with Gasteiger partial charge in [-0.2, -0.15) is 10.1 Å². The summed E-state index contributed by atoms with van der Waals surface area (Å²) in [5.41, 5.74) is 2.15. The summed E-state index contributed by atoms with van der Waals surface area (Å²) >= 11 is 6.45.